The number of carbonyl (C=O) groups excluding carboxylic acids is 1. The minimum atomic E-state index is -4.94. The van der Waals surface area contributed by atoms with Crippen molar-refractivity contribution >= 4 is 34.3 Å². The predicted octanol–water partition coefficient (Wildman–Crippen LogP) is 4.60. The van der Waals surface area contributed by atoms with E-state index >= 15 is 0 Å². The van der Waals surface area contributed by atoms with Crippen LogP contribution in [-0.2, 0) is 11.2 Å². The molecule has 1 heterocycles. The van der Waals surface area contributed by atoms with Gasteiger partial charge in [-0.1, -0.05) is 23.7 Å². The fraction of sp³-hybridized carbons (Fsp3) is 0.176. The molecule has 0 aliphatic heterocycles. The van der Waals surface area contributed by atoms with Gasteiger partial charge in [0, 0.05) is 30.2 Å². The highest BCUT2D eigenvalue weighted by Crippen LogP contribution is 2.27. The number of aromatic nitrogens is 1. The second-order valence-electron chi connectivity index (χ2n) is 5.42. The second-order valence-corrected chi connectivity index (χ2v) is 5.86. The molecule has 1 aromatic heterocycles. The predicted molar refractivity (Wildman–Crippen MR) is 87.7 cm³/mol. The topological polar surface area (TPSA) is 46.3 Å². The lowest BCUT2D eigenvalue weighted by molar-refractivity contribution is -0.170. The molecule has 0 atom stereocenters. The molecule has 1 amide bonds. The van der Waals surface area contributed by atoms with Crippen molar-refractivity contribution in [1.29, 1.82) is 0 Å². The summed E-state index contributed by atoms with van der Waals surface area (Å²) in [6.07, 6.45) is -4.52. The lowest BCUT2D eigenvalue weighted by atomic mass is 10.1. The number of fused-ring (bicyclic) bond motifs is 1. The van der Waals surface area contributed by atoms with E-state index in [1.54, 1.807) is 12.1 Å². The Labute approximate surface area is 145 Å². The first-order chi connectivity index (χ1) is 11.7. The number of hydrogen-bond acceptors (Lipinski definition) is 3. The highest BCUT2D eigenvalue weighted by molar-refractivity contribution is 6.30. The van der Waals surface area contributed by atoms with Crippen LogP contribution >= 0.6 is 11.6 Å². The summed E-state index contributed by atoms with van der Waals surface area (Å²) in [6, 6.07) is 11.4. The molecule has 0 saturated carbocycles. The van der Waals surface area contributed by atoms with Gasteiger partial charge in [0.2, 0.25) is 0 Å². The first-order valence-electron chi connectivity index (χ1n) is 7.23. The minimum absolute atomic E-state index is 0.0732. The average molecular weight is 369 g/mol. The Kier molecular flexibility index (Phi) is 4.43. The van der Waals surface area contributed by atoms with Crippen molar-refractivity contribution in [3.63, 3.8) is 0 Å². The van der Waals surface area contributed by atoms with Crippen molar-refractivity contribution < 1.29 is 22.4 Å². The summed E-state index contributed by atoms with van der Waals surface area (Å²) in [6.45, 7) is 0. The van der Waals surface area contributed by atoms with E-state index in [1.807, 2.05) is 12.1 Å². The summed E-state index contributed by atoms with van der Waals surface area (Å²) in [7, 11) is 1.06. The van der Waals surface area contributed by atoms with Crippen LogP contribution in [0.25, 0.3) is 11.1 Å². The number of oxazole rings is 1. The first-order valence-corrected chi connectivity index (χ1v) is 7.60. The van der Waals surface area contributed by atoms with Crippen molar-refractivity contribution in [2.24, 2.45) is 0 Å². The summed E-state index contributed by atoms with van der Waals surface area (Å²) in [5.74, 6) is -1.54. The Balaban J connectivity index is 1.86. The van der Waals surface area contributed by atoms with Gasteiger partial charge < -0.3 is 9.32 Å². The van der Waals surface area contributed by atoms with Crippen LogP contribution in [0.1, 0.15) is 11.5 Å². The number of hydrogen-bond donors (Lipinski definition) is 0. The fourth-order valence-electron chi connectivity index (χ4n) is 2.33. The molecular formula is C17H12ClF3N2O2. The summed E-state index contributed by atoms with van der Waals surface area (Å²) >= 11 is 5.83. The molecule has 0 aliphatic rings. The van der Waals surface area contributed by atoms with Crippen LogP contribution in [0.15, 0.2) is 46.9 Å². The first kappa shape index (κ1) is 17.3. The van der Waals surface area contributed by atoms with E-state index in [0.717, 1.165) is 12.6 Å². The highest BCUT2D eigenvalue weighted by Gasteiger charge is 2.41. The molecule has 130 valence electrons. The largest absolute Gasteiger partial charge is 0.471 e. The molecule has 25 heavy (non-hydrogen) atoms. The van der Waals surface area contributed by atoms with Crippen molar-refractivity contribution in [3.05, 3.63) is 58.9 Å². The summed E-state index contributed by atoms with van der Waals surface area (Å²) < 4.78 is 43.2. The molecule has 0 fully saturated rings. The smallest absolute Gasteiger partial charge is 0.440 e. The Morgan fingerprint density at radius 3 is 2.52 bits per heavy atom. The molecule has 4 nitrogen and oxygen atoms in total. The van der Waals surface area contributed by atoms with Crippen LogP contribution in [0.5, 0.6) is 0 Å². The molecule has 0 aliphatic carbocycles. The summed E-state index contributed by atoms with van der Waals surface area (Å²) in [4.78, 5) is 16.1. The van der Waals surface area contributed by atoms with Gasteiger partial charge in [0.25, 0.3) is 0 Å². The van der Waals surface area contributed by atoms with Crippen LogP contribution in [0, 0.1) is 0 Å². The standard InChI is InChI=1S/C17H12ClF3N2O2/c1-23(16(24)17(19,20)21)12-6-7-13-14(9-12)25-15(22-13)8-10-2-4-11(18)5-3-10/h2-7,9H,8H2,1H3. The number of carbonyl (C=O) groups is 1. The quantitative estimate of drug-likeness (QED) is 0.679. The zero-order valence-corrected chi connectivity index (χ0v) is 13.7. The Bertz CT molecular complexity index is 920. The second kappa shape index (κ2) is 6.40. The molecule has 2 aromatic carbocycles. The van der Waals surface area contributed by atoms with E-state index in [4.69, 9.17) is 16.0 Å². The normalized spacial score (nSPS) is 11.7. The Hall–Kier alpha value is -2.54. The lowest BCUT2D eigenvalue weighted by Crippen LogP contribution is -2.38. The maximum atomic E-state index is 12.5. The van der Waals surface area contributed by atoms with E-state index in [0.29, 0.717) is 33.3 Å². The van der Waals surface area contributed by atoms with Gasteiger partial charge in [-0.3, -0.25) is 4.79 Å². The number of amides is 1. The third kappa shape index (κ3) is 3.76. The van der Waals surface area contributed by atoms with Gasteiger partial charge in [-0.25, -0.2) is 4.98 Å². The molecule has 8 heteroatoms. The zero-order valence-electron chi connectivity index (χ0n) is 13.0. The molecule has 3 aromatic rings. The third-order valence-corrected chi connectivity index (χ3v) is 3.87. The molecule has 0 saturated heterocycles. The van der Waals surface area contributed by atoms with Gasteiger partial charge in [-0.05, 0) is 29.8 Å². The highest BCUT2D eigenvalue weighted by atomic mass is 35.5. The van der Waals surface area contributed by atoms with Crippen LogP contribution in [0.3, 0.4) is 0 Å². The molecular weight excluding hydrogens is 357 g/mol. The van der Waals surface area contributed by atoms with Crippen LogP contribution in [-0.4, -0.2) is 24.1 Å². The summed E-state index contributed by atoms with van der Waals surface area (Å²) in [5.41, 5.74) is 1.81. The lowest BCUT2D eigenvalue weighted by Gasteiger charge is -2.18. The van der Waals surface area contributed by atoms with E-state index in [-0.39, 0.29) is 5.69 Å². The number of benzene rings is 2. The summed E-state index contributed by atoms with van der Waals surface area (Å²) in [5, 5.41) is 0.614. The van der Waals surface area contributed by atoms with E-state index in [1.165, 1.54) is 18.2 Å². The van der Waals surface area contributed by atoms with E-state index in [2.05, 4.69) is 4.98 Å². The maximum Gasteiger partial charge on any atom is 0.471 e. The number of anilines is 1. The van der Waals surface area contributed by atoms with Gasteiger partial charge >= 0.3 is 12.1 Å². The molecule has 0 bridgehead atoms. The van der Waals surface area contributed by atoms with Gasteiger partial charge in [0.05, 0.1) is 0 Å². The number of nitrogens with zero attached hydrogens (tertiary/aromatic N) is 2. The van der Waals surface area contributed by atoms with Crippen LogP contribution < -0.4 is 4.90 Å². The number of halogens is 4. The molecule has 0 N–H and O–H groups in total. The SMILES string of the molecule is CN(C(=O)C(F)(F)F)c1ccc2nc(Cc3ccc(Cl)cc3)oc2c1. The average Bonchev–Trinajstić information content (AvgIpc) is 2.96. The molecule has 0 radical (unpaired) electrons. The van der Waals surface area contributed by atoms with E-state index in [9.17, 15) is 18.0 Å². The van der Waals surface area contributed by atoms with Gasteiger partial charge in [0.1, 0.15) is 5.52 Å². The third-order valence-electron chi connectivity index (χ3n) is 3.62. The Morgan fingerprint density at radius 2 is 1.88 bits per heavy atom. The van der Waals surface area contributed by atoms with Gasteiger partial charge in [0.15, 0.2) is 11.5 Å². The van der Waals surface area contributed by atoms with Crippen LogP contribution in [0.4, 0.5) is 18.9 Å². The Morgan fingerprint density at radius 1 is 1.20 bits per heavy atom. The fourth-order valence-corrected chi connectivity index (χ4v) is 2.46. The van der Waals surface area contributed by atoms with Crippen molar-refractivity contribution in [2.75, 3.05) is 11.9 Å². The molecule has 3 rings (SSSR count). The van der Waals surface area contributed by atoms with Crippen LogP contribution in [0.2, 0.25) is 5.02 Å². The van der Waals surface area contributed by atoms with Crippen molar-refractivity contribution in [2.45, 2.75) is 12.6 Å². The minimum Gasteiger partial charge on any atom is -0.440 e. The molecule has 0 spiro atoms. The number of alkyl halides is 3. The van der Waals surface area contributed by atoms with Crippen molar-refractivity contribution in [1.82, 2.24) is 4.98 Å². The van der Waals surface area contributed by atoms with Crippen molar-refractivity contribution in [3.8, 4) is 0 Å². The molecule has 0 unspecified atom stereocenters. The van der Waals surface area contributed by atoms with Gasteiger partial charge in [-0.15, -0.1) is 0 Å². The zero-order chi connectivity index (χ0) is 18.2. The van der Waals surface area contributed by atoms with E-state index < -0.39 is 12.1 Å². The maximum absolute atomic E-state index is 12.5. The number of rotatable bonds is 3. The van der Waals surface area contributed by atoms with Gasteiger partial charge in [-0.2, -0.15) is 13.2 Å². The monoisotopic (exact) mass is 368 g/mol.